The van der Waals surface area contributed by atoms with Gasteiger partial charge in [0.25, 0.3) is 15.6 Å². The van der Waals surface area contributed by atoms with E-state index < -0.39 is 39.4 Å². The zero-order chi connectivity index (χ0) is 26.5. The highest BCUT2D eigenvalue weighted by atomic mass is 32.2. The van der Waals surface area contributed by atoms with Gasteiger partial charge in [0, 0.05) is 29.9 Å². The number of hydrogen-bond donors (Lipinski definition) is 1. The molecule has 192 valence electrons. The quantitative estimate of drug-likeness (QED) is 0.368. The third-order valence-electron chi connectivity index (χ3n) is 6.12. The number of ether oxygens (including phenoxy) is 1. The highest BCUT2D eigenvalue weighted by Crippen LogP contribution is 2.57. The van der Waals surface area contributed by atoms with E-state index in [1.807, 2.05) is 0 Å². The predicted molar refractivity (Wildman–Crippen MR) is 126 cm³/mol. The van der Waals surface area contributed by atoms with E-state index in [1.54, 1.807) is 0 Å². The Kier molecular flexibility index (Phi) is 5.89. The second kappa shape index (κ2) is 8.83. The van der Waals surface area contributed by atoms with Crippen LogP contribution >= 0.6 is 0 Å². The zero-order valence-corrected chi connectivity index (χ0v) is 19.8. The molecule has 1 aliphatic rings. The lowest BCUT2D eigenvalue weighted by atomic mass is 10.1. The Morgan fingerprint density at radius 3 is 2.46 bits per heavy atom. The third kappa shape index (κ3) is 4.61. The first-order chi connectivity index (χ1) is 17.5. The molecular formula is C24H18F4N4O4S. The molecule has 1 aliphatic carbocycles. The summed E-state index contributed by atoms with van der Waals surface area (Å²) < 4.78 is 88.5. The first kappa shape index (κ1) is 24.7. The van der Waals surface area contributed by atoms with Gasteiger partial charge in [-0.2, -0.15) is 13.2 Å². The maximum atomic E-state index is 15.0. The van der Waals surface area contributed by atoms with Gasteiger partial charge in [-0.25, -0.2) is 27.5 Å². The fourth-order valence-corrected chi connectivity index (χ4v) is 5.25. The van der Waals surface area contributed by atoms with Gasteiger partial charge in [0.2, 0.25) is 5.95 Å². The second-order valence-corrected chi connectivity index (χ2v) is 10.1. The van der Waals surface area contributed by atoms with Gasteiger partial charge in [0.05, 0.1) is 29.1 Å². The lowest BCUT2D eigenvalue weighted by Gasteiger charge is -2.17. The van der Waals surface area contributed by atoms with Crippen LogP contribution < -0.4 is 15.0 Å². The molecule has 2 aromatic heterocycles. The molecule has 0 aliphatic heterocycles. The monoisotopic (exact) mass is 534 g/mol. The zero-order valence-electron chi connectivity index (χ0n) is 19.0. The van der Waals surface area contributed by atoms with Crippen LogP contribution in [0.3, 0.4) is 0 Å². The molecule has 2 aromatic carbocycles. The van der Waals surface area contributed by atoms with Crippen molar-refractivity contribution in [1.82, 2.24) is 14.5 Å². The molecule has 0 amide bonds. The van der Waals surface area contributed by atoms with Crippen molar-refractivity contribution >= 4 is 26.9 Å². The number of anilines is 1. The number of fused-ring (bicyclic) bond motifs is 1. The average Bonchev–Trinajstić information content (AvgIpc) is 3.65. The average molecular weight is 534 g/mol. The van der Waals surface area contributed by atoms with Gasteiger partial charge in [-0.1, -0.05) is 0 Å². The Morgan fingerprint density at radius 2 is 1.81 bits per heavy atom. The molecule has 13 heteroatoms. The van der Waals surface area contributed by atoms with Gasteiger partial charge in [-0.05, 0) is 54.3 Å². The summed E-state index contributed by atoms with van der Waals surface area (Å²) in [6, 6.07) is 10.2. The predicted octanol–water partition coefficient (Wildman–Crippen LogP) is 4.40. The fourth-order valence-electron chi connectivity index (χ4n) is 4.25. The summed E-state index contributed by atoms with van der Waals surface area (Å²) >= 11 is 0. The topological polar surface area (TPSA) is 103 Å². The van der Waals surface area contributed by atoms with E-state index in [-0.39, 0.29) is 39.8 Å². The maximum absolute atomic E-state index is 15.0. The number of halogens is 4. The summed E-state index contributed by atoms with van der Waals surface area (Å²) in [5.41, 5.74) is -0.523. The van der Waals surface area contributed by atoms with Gasteiger partial charge in [0.15, 0.2) is 0 Å². The molecule has 0 radical (unpaired) electrons. The van der Waals surface area contributed by atoms with E-state index in [1.165, 1.54) is 55.9 Å². The van der Waals surface area contributed by atoms with Crippen LogP contribution in [-0.4, -0.2) is 36.2 Å². The molecule has 0 saturated heterocycles. The van der Waals surface area contributed by atoms with Crippen molar-refractivity contribution in [2.75, 3.05) is 11.8 Å². The molecule has 0 unspecified atom stereocenters. The minimum Gasteiger partial charge on any atom is -0.495 e. The highest BCUT2D eigenvalue weighted by molar-refractivity contribution is 7.92. The third-order valence-corrected chi connectivity index (χ3v) is 7.44. The number of nitrogens with one attached hydrogen (secondary N) is 1. The molecule has 0 spiro atoms. The van der Waals surface area contributed by atoms with Crippen LogP contribution in [0.1, 0.15) is 17.9 Å². The van der Waals surface area contributed by atoms with Crippen LogP contribution in [0.4, 0.5) is 23.5 Å². The molecule has 1 saturated carbocycles. The molecule has 1 N–H and O–H groups in total. The van der Waals surface area contributed by atoms with Crippen LogP contribution in [0, 0.1) is 11.7 Å². The van der Waals surface area contributed by atoms with Gasteiger partial charge in [-0.15, -0.1) is 0 Å². The first-order valence-electron chi connectivity index (χ1n) is 10.9. The lowest BCUT2D eigenvalue weighted by molar-refractivity contribution is -0.148. The van der Waals surface area contributed by atoms with Gasteiger partial charge in [0.1, 0.15) is 11.6 Å². The van der Waals surface area contributed by atoms with Crippen molar-refractivity contribution in [3.63, 3.8) is 0 Å². The van der Waals surface area contributed by atoms with Crippen molar-refractivity contribution in [3.8, 4) is 11.4 Å². The highest BCUT2D eigenvalue weighted by Gasteiger charge is 2.57. The number of benzene rings is 2. The summed E-state index contributed by atoms with van der Waals surface area (Å²) in [5.74, 6) is -3.69. The largest absolute Gasteiger partial charge is 0.495 e. The number of methoxy groups -OCH3 is 1. The lowest BCUT2D eigenvalue weighted by Crippen LogP contribution is -2.19. The number of hydrogen-bond acceptors (Lipinski definition) is 6. The van der Waals surface area contributed by atoms with Gasteiger partial charge in [-0.3, -0.25) is 9.36 Å². The summed E-state index contributed by atoms with van der Waals surface area (Å²) in [6.07, 6.45) is -1.92. The van der Waals surface area contributed by atoms with Crippen molar-refractivity contribution < 1.29 is 30.7 Å². The smallest absolute Gasteiger partial charge is 0.392 e. The summed E-state index contributed by atoms with van der Waals surface area (Å²) in [7, 11) is -2.82. The summed E-state index contributed by atoms with van der Waals surface area (Å²) in [6.45, 7) is 0. The molecule has 2 heterocycles. The van der Waals surface area contributed by atoms with Crippen LogP contribution in [0.5, 0.6) is 5.75 Å². The van der Waals surface area contributed by atoms with Crippen molar-refractivity contribution in [2.45, 2.75) is 23.4 Å². The Labute approximate surface area is 207 Å². The molecule has 1 fully saturated rings. The van der Waals surface area contributed by atoms with Crippen molar-refractivity contribution in [1.29, 1.82) is 0 Å². The Bertz CT molecular complexity index is 1670. The Hall–Kier alpha value is -4.00. The van der Waals surface area contributed by atoms with Crippen molar-refractivity contribution in [2.24, 2.45) is 5.92 Å². The number of alkyl halides is 3. The molecule has 4 aromatic rings. The minimum atomic E-state index is -4.44. The molecular weight excluding hydrogens is 516 g/mol. The molecule has 8 nitrogen and oxygen atoms in total. The Morgan fingerprint density at radius 1 is 1.08 bits per heavy atom. The van der Waals surface area contributed by atoms with Gasteiger partial charge < -0.3 is 4.74 Å². The van der Waals surface area contributed by atoms with Crippen molar-refractivity contribution in [3.05, 3.63) is 82.7 Å². The van der Waals surface area contributed by atoms with E-state index in [0.29, 0.717) is 5.39 Å². The number of nitrogens with zero attached hydrogens (tertiary/aromatic N) is 3. The van der Waals surface area contributed by atoms with Gasteiger partial charge >= 0.3 is 6.18 Å². The van der Waals surface area contributed by atoms with Crippen LogP contribution in [0.15, 0.2) is 70.6 Å². The first-order valence-corrected chi connectivity index (χ1v) is 12.4. The number of aromatic nitrogens is 3. The number of pyridine rings is 1. The fraction of sp³-hybridized carbons (Fsp3) is 0.208. The van der Waals surface area contributed by atoms with E-state index >= 15 is 4.39 Å². The number of rotatable bonds is 6. The van der Waals surface area contributed by atoms with Crippen LogP contribution in [0.25, 0.3) is 16.6 Å². The SMILES string of the molecule is COc1cc([C@H]2C[C@@H]2C(F)(F)F)c(F)cc1-n1c(=O)ccc2cc(S(=O)(=O)Nc3ncccn3)ccc21. The summed E-state index contributed by atoms with van der Waals surface area (Å²) in [4.78, 5) is 20.4. The van der Waals surface area contributed by atoms with E-state index in [4.69, 9.17) is 4.74 Å². The summed E-state index contributed by atoms with van der Waals surface area (Å²) in [5, 5.41) is 0.322. The molecule has 0 bridgehead atoms. The normalized spacial score (nSPS) is 17.5. The molecule has 37 heavy (non-hydrogen) atoms. The molecule has 5 rings (SSSR count). The van der Waals surface area contributed by atoms with Crippen LogP contribution in [0.2, 0.25) is 0 Å². The van der Waals surface area contributed by atoms with E-state index in [9.17, 15) is 26.4 Å². The number of sulfonamides is 1. The standard InChI is InChI=1S/C24H18F4N4O4S/c1-36-21-11-16(15-10-17(15)24(26,27)28)18(25)12-20(21)32-19-5-4-14(9-13(19)3-6-22(32)33)37(34,35)31-23-29-7-2-8-30-23/h2-9,11-12,15,17H,10H2,1H3,(H,29,30,31)/t15-,17+/m1/s1. The maximum Gasteiger partial charge on any atom is 0.392 e. The second-order valence-electron chi connectivity index (χ2n) is 8.44. The van der Waals surface area contributed by atoms with E-state index in [0.717, 1.165) is 16.7 Å². The van der Waals surface area contributed by atoms with Crippen LogP contribution in [-0.2, 0) is 10.0 Å². The molecule has 2 atom stereocenters. The Balaban J connectivity index is 1.58. The minimum absolute atomic E-state index is 0.00147. The van der Waals surface area contributed by atoms with E-state index in [2.05, 4.69) is 14.7 Å².